The lowest BCUT2D eigenvalue weighted by molar-refractivity contribution is -0.144. The van der Waals surface area contributed by atoms with Gasteiger partial charge in [-0.2, -0.15) is 5.10 Å². The lowest BCUT2D eigenvalue weighted by Gasteiger charge is -2.16. The molecule has 0 saturated carbocycles. The summed E-state index contributed by atoms with van der Waals surface area (Å²) in [6.45, 7) is 4.11. The zero-order valence-electron chi connectivity index (χ0n) is 12.3. The Hall–Kier alpha value is -1.69. The molecule has 0 fully saturated rings. The molecule has 5 nitrogen and oxygen atoms in total. The highest BCUT2D eigenvalue weighted by Crippen LogP contribution is 2.30. The van der Waals surface area contributed by atoms with Crippen LogP contribution in [0.2, 0.25) is 0 Å². The molecule has 0 bridgehead atoms. The van der Waals surface area contributed by atoms with Gasteiger partial charge in [-0.25, -0.2) is 4.98 Å². The van der Waals surface area contributed by atoms with E-state index in [1.165, 1.54) is 0 Å². The fourth-order valence-corrected chi connectivity index (χ4v) is 2.67. The van der Waals surface area contributed by atoms with Crippen molar-refractivity contribution in [3.63, 3.8) is 0 Å². The van der Waals surface area contributed by atoms with Crippen molar-refractivity contribution < 1.29 is 9.53 Å². The second-order valence-electron chi connectivity index (χ2n) is 4.57. The van der Waals surface area contributed by atoms with Crippen LogP contribution in [0.25, 0.3) is 0 Å². The maximum absolute atomic E-state index is 12.4. The van der Waals surface area contributed by atoms with E-state index in [-0.39, 0.29) is 5.97 Å². The van der Waals surface area contributed by atoms with Crippen molar-refractivity contribution in [3.05, 3.63) is 46.0 Å². The summed E-state index contributed by atoms with van der Waals surface area (Å²) >= 11 is 3.50. The Balaban J connectivity index is 2.53. The van der Waals surface area contributed by atoms with Gasteiger partial charge in [0.15, 0.2) is 5.82 Å². The number of hydrogen-bond donors (Lipinski definition) is 0. The largest absolute Gasteiger partial charge is 0.465 e. The molecule has 0 amide bonds. The van der Waals surface area contributed by atoms with E-state index in [1.54, 1.807) is 18.7 Å². The molecule has 0 aliphatic rings. The molecule has 0 aliphatic heterocycles. The number of carbonyl (C=O) groups excluding carboxylic acids is 1. The van der Waals surface area contributed by atoms with E-state index in [1.807, 2.05) is 31.2 Å². The molecule has 6 heteroatoms. The summed E-state index contributed by atoms with van der Waals surface area (Å²) in [6, 6.07) is 7.60. The van der Waals surface area contributed by atoms with Gasteiger partial charge in [0.05, 0.1) is 6.61 Å². The average molecular weight is 352 g/mol. The highest BCUT2D eigenvalue weighted by Gasteiger charge is 2.30. The third-order valence-electron chi connectivity index (χ3n) is 3.15. The predicted molar refractivity (Wildman–Crippen MR) is 83.0 cm³/mol. The molecule has 1 aromatic heterocycles. The molecule has 1 atom stereocenters. The van der Waals surface area contributed by atoms with Gasteiger partial charge < -0.3 is 4.74 Å². The lowest BCUT2D eigenvalue weighted by Crippen LogP contribution is -2.21. The van der Waals surface area contributed by atoms with E-state index < -0.39 is 5.92 Å². The van der Waals surface area contributed by atoms with Crippen molar-refractivity contribution in [1.82, 2.24) is 14.8 Å². The first-order valence-corrected chi connectivity index (χ1v) is 7.68. The quantitative estimate of drug-likeness (QED) is 0.777. The predicted octanol–water partition coefficient (Wildman–Crippen LogP) is 2.84. The van der Waals surface area contributed by atoms with Crippen LogP contribution in [0.15, 0.2) is 28.7 Å². The van der Waals surface area contributed by atoms with Crippen LogP contribution in [0.5, 0.6) is 0 Å². The first-order chi connectivity index (χ1) is 10.1. The number of carbonyl (C=O) groups is 1. The van der Waals surface area contributed by atoms with Gasteiger partial charge in [0.2, 0.25) is 0 Å². The summed E-state index contributed by atoms with van der Waals surface area (Å²) in [5, 5.41) is 4.33. The van der Waals surface area contributed by atoms with Crippen molar-refractivity contribution >= 4 is 21.9 Å². The van der Waals surface area contributed by atoms with E-state index in [9.17, 15) is 4.79 Å². The van der Waals surface area contributed by atoms with Crippen LogP contribution in [-0.2, 0) is 23.0 Å². The third-order valence-corrected chi connectivity index (χ3v) is 3.88. The first kappa shape index (κ1) is 15.7. The van der Waals surface area contributed by atoms with Crippen molar-refractivity contribution in [1.29, 1.82) is 0 Å². The zero-order chi connectivity index (χ0) is 15.4. The third kappa shape index (κ3) is 3.32. The number of esters is 1. The van der Waals surface area contributed by atoms with Crippen LogP contribution < -0.4 is 0 Å². The van der Waals surface area contributed by atoms with Crippen LogP contribution in [-0.4, -0.2) is 27.3 Å². The number of aromatic nitrogens is 3. The summed E-state index contributed by atoms with van der Waals surface area (Å²) < 4.78 is 7.73. The number of hydrogen-bond acceptors (Lipinski definition) is 4. The highest BCUT2D eigenvalue weighted by atomic mass is 79.9. The van der Waals surface area contributed by atoms with Gasteiger partial charge in [-0.1, -0.05) is 41.1 Å². The van der Waals surface area contributed by atoms with Crippen molar-refractivity contribution in [3.8, 4) is 0 Å². The lowest BCUT2D eigenvalue weighted by atomic mass is 9.98. The molecule has 2 rings (SSSR count). The van der Waals surface area contributed by atoms with Gasteiger partial charge >= 0.3 is 5.97 Å². The summed E-state index contributed by atoms with van der Waals surface area (Å²) in [7, 11) is 1.80. The minimum absolute atomic E-state index is 0.317. The molecule has 21 heavy (non-hydrogen) atoms. The van der Waals surface area contributed by atoms with E-state index in [0.29, 0.717) is 18.3 Å². The Morgan fingerprint density at radius 2 is 2.10 bits per heavy atom. The molecule has 112 valence electrons. The van der Waals surface area contributed by atoms with Crippen LogP contribution in [0.3, 0.4) is 0 Å². The topological polar surface area (TPSA) is 57.0 Å². The molecule has 0 N–H and O–H groups in total. The molecule has 0 saturated heterocycles. The smallest absolute Gasteiger partial charge is 0.321 e. The van der Waals surface area contributed by atoms with E-state index in [0.717, 1.165) is 16.5 Å². The molecule has 0 spiro atoms. The van der Waals surface area contributed by atoms with Gasteiger partial charge in [-0.15, -0.1) is 0 Å². The van der Waals surface area contributed by atoms with Crippen molar-refractivity contribution in [2.24, 2.45) is 7.05 Å². The Labute approximate surface area is 132 Å². The monoisotopic (exact) mass is 351 g/mol. The van der Waals surface area contributed by atoms with Gasteiger partial charge in [0, 0.05) is 17.9 Å². The van der Waals surface area contributed by atoms with Gasteiger partial charge in [-0.3, -0.25) is 9.48 Å². The van der Waals surface area contributed by atoms with Gasteiger partial charge in [-0.05, 0) is 18.6 Å². The second-order valence-corrected chi connectivity index (χ2v) is 5.42. The number of rotatable bonds is 5. The molecule has 0 aliphatic carbocycles. The summed E-state index contributed by atoms with van der Waals surface area (Å²) in [4.78, 5) is 16.9. The number of benzene rings is 1. The van der Waals surface area contributed by atoms with Crippen molar-refractivity contribution in [2.45, 2.75) is 26.2 Å². The molecule has 1 unspecified atom stereocenters. The van der Waals surface area contributed by atoms with E-state index in [4.69, 9.17) is 4.74 Å². The maximum Gasteiger partial charge on any atom is 0.321 e. The number of halogens is 1. The molecule has 1 aromatic carbocycles. The summed E-state index contributed by atoms with van der Waals surface area (Å²) in [5.74, 6) is 0.409. The molecule has 2 aromatic rings. The number of aryl methyl sites for hydroxylation is 2. The van der Waals surface area contributed by atoms with Crippen molar-refractivity contribution in [2.75, 3.05) is 6.61 Å². The van der Waals surface area contributed by atoms with E-state index in [2.05, 4.69) is 26.0 Å². The summed E-state index contributed by atoms with van der Waals surface area (Å²) in [6.07, 6.45) is 0.722. The van der Waals surface area contributed by atoms with Crippen LogP contribution in [0, 0.1) is 0 Å². The van der Waals surface area contributed by atoms with Crippen LogP contribution >= 0.6 is 15.9 Å². The van der Waals surface area contributed by atoms with E-state index >= 15 is 0 Å². The Bertz CT molecular complexity index is 640. The standard InChI is InChI=1S/C15H18BrN3O2/c1-4-12-17-14(19(3)18-12)13(15(20)21-5-2)10-8-6-7-9-11(10)16/h6-9,13H,4-5H2,1-3H3. The fourth-order valence-electron chi connectivity index (χ4n) is 2.16. The SMILES string of the molecule is CCOC(=O)C(c1ccccc1Br)c1nc(CC)nn1C. The molecule has 1 heterocycles. The zero-order valence-corrected chi connectivity index (χ0v) is 13.9. The summed E-state index contributed by atoms with van der Waals surface area (Å²) in [5.41, 5.74) is 0.828. The molecular formula is C15H18BrN3O2. The Morgan fingerprint density at radius 3 is 2.67 bits per heavy atom. The maximum atomic E-state index is 12.4. The van der Waals surface area contributed by atoms with Gasteiger partial charge in [0.25, 0.3) is 0 Å². The Morgan fingerprint density at radius 1 is 1.38 bits per heavy atom. The van der Waals surface area contributed by atoms with Crippen LogP contribution in [0.1, 0.15) is 37.0 Å². The van der Waals surface area contributed by atoms with Crippen LogP contribution in [0.4, 0.5) is 0 Å². The normalized spacial score (nSPS) is 12.2. The Kier molecular flexibility index (Phi) is 5.12. The first-order valence-electron chi connectivity index (χ1n) is 6.89. The second kappa shape index (κ2) is 6.85. The fraction of sp³-hybridized carbons (Fsp3) is 0.400. The highest BCUT2D eigenvalue weighted by molar-refractivity contribution is 9.10. The van der Waals surface area contributed by atoms with Gasteiger partial charge in [0.1, 0.15) is 11.7 Å². The average Bonchev–Trinajstić information content (AvgIpc) is 2.83. The minimum Gasteiger partial charge on any atom is -0.465 e. The molecule has 0 radical (unpaired) electrons. The number of ether oxygens (including phenoxy) is 1. The molecular weight excluding hydrogens is 334 g/mol. The number of nitrogens with zero attached hydrogens (tertiary/aromatic N) is 3. The minimum atomic E-state index is -0.585.